The molecular formula is C12H18IN. The molecule has 0 radical (unpaired) electrons. The minimum atomic E-state index is 0.577. The van der Waals surface area contributed by atoms with Gasteiger partial charge < -0.3 is 5.32 Å². The Bertz CT molecular complexity index is 273. The number of nitrogens with one attached hydrogen (secondary N) is 1. The van der Waals surface area contributed by atoms with Crippen molar-refractivity contribution in [3.8, 4) is 0 Å². The van der Waals surface area contributed by atoms with Gasteiger partial charge in [0.2, 0.25) is 0 Å². The van der Waals surface area contributed by atoms with E-state index in [4.69, 9.17) is 0 Å². The first-order valence-corrected chi connectivity index (χ1v) is 6.32. The molecule has 0 bridgehead atoms. The smallest absolute Gasteiger partial charge is 0.0352 e. The van der Waals surface area contributed by atoms with Crippen molar-refractivity contribution in [3.63, 3.8) is 0 Å². The fraction of sp³-hybridized carbons (Fsp3) is 0.500. The SMILES string of the molecule is CCCCC(C)Nc1cccc(I)c1. The first kappa shape index (κ1) is 11.8. The summed E-state index contributed by atoms with van der Waals surface area (Å²) in [6, 6.07) is 9.10. The van der Waals surface area contributed by atoms with E-state index >= 15 is 0 Å². The Morgan fingerprint density at radius 1 is 1.43 bits per heavy atom. The molecule has 0 aliphatic carbocycles. The van der Waals surface area contributed by atoms with Crippen LogP contribution in [0.15, 0.2) is 24.3 Å². The third-order valence-electron chi connectivity index (χ3n) is 2.23. The molecule has 1 rings (SSSR count). The van der Waals surface area contributed by atoms with Crippen LogP contribution in [0.1, 0.15) is 33.1 Å². The van der Waals surface area contributed by atoms with Crippen LogP contribution < -0.4 is 5.32 Å². The third-order valence-corrected chi connectivity index (χ3v) is 2.90. The molecule has 0 aliphatic heterocycles. The maximum absolute atomic E-state index is 3.51. The van der Waals surface area contributed by atoms with E-state index in [9.17, 15) is 0 Å². The Morgan fingerprint density at radius 2 is 2.21 bits per heavy atom. The Kier molecular flexibility index (Phi) is 5.30. The summed E-state index contributed by atoms with van der Waals surface area (Å²) in [7, 11) is 0. The van der Waals surface area contributed by atoms with Crippen LogP contribution in [0.25, 0.3) is 0 Å². The van der Waals surface area contributed by atoms with Gasteiger partial charge in [0, 0.05) is 15.3 Å². The molecule has 78 valence electrons. The number of benzene rings is 1. The Hall–Kier alpha value is -0.250. The van der Waals surface area contributed by atoms with Crippen molar-refractivity contribution in [2.75, 3.05) is 5.32 Å². The molecule has 2 heteroatoms. The molecule has 0 spiro atoms. The van der Waals surface area contributed by atoms with Gasteiger partial charge in [-0.15, -0.1) is 0 Å². The summed E-state index contributed by atoms with van der Waals surface area (Å²) in [5.41, 5.74) is 1.24. The molecule has 1 unspecified atom stereocenters. The van der Waals surface area contributed by atoms with E-state index in [0.29, 0.717) is 6.04 Å². The molecule has 1 atom stereocenters. The summed E-state index contributed by atoms with van der Waals surface area (Å²) >= 11 is 2.34. The average molecular weight is 303 g/mol. The lowest BCUT2D eigenvalue weighted by atomic mass is 10.1. The van der Waals surface area contributed by atoms with Crippen LogP contribution in [0.3, 0.4) is 0 Å². The highest BCUT2D eigenvalue weighted by Gasteiger charge is 2.00. The van der Waals surface area contributed by atoms with Crippen LogP contribution in [0.5, 0.6) is 0 Å². The minimum Gasteiger partial charge on any atom is -0.383 e. The highest BCUT2D eigenvalue weighted by Crippen LogP contribution is 2.14. The Labute approximate surface area is 100 Å². The van der Waals surface area contributed by atoms with E-state index in [0.717, 1.165) is 0 Å². The molecule has 0 saturated heterocycles. The van der Waals surface area contributed by atoms with Crippen LogP contribution >= 0.6 is 22.6 Å². The van der Waals surface area contributed by atoms with Crippen molar-refractivity contribution in [1.29, 1.82) is 0 Å². The zero-order chi connectivity index (χ0) is 10.4. The number of hydrogen-bond donors (Lipinski definition) is 1. The van der Waals surface area contributed by atoms with Gasteiger partial charge in [-0.2, -0.15) is 0 Å². The van der Waals surface area contributed by atoms with Crippen LogP contribution in [0, 0.1) is 3.57 Å². The topological polar surface area (TPSA) is 12.0 Å². The van der Waals surface area contributed by atoms with Crippen LogP contribution in [-0.4, -0.2) is 6.04 Å². The lowest BCUT2D eigenvalue weighted by Gasteiger charge is -2.14. The van der Waals surface area contributed by atoms with Crippen molar-refractivity contribution in [3.05, 3.63) is 27.8 Å². The van der Waals surface area contributed by atoms with Crippen molar-refractivity contribution in [1.82, 2.24) is 0 Å². The monoisotopic (exact) mass is 303 g/mol. The summed E-state index contributed by atoms with van der Waals surface area (Å²) in [5, 5.41) is 3.51. The number of rotatable bonds is 5. The van der Waals surface area contributed by atoms with E-state index in [1.54, 1.807) is 0 Å². The van der Waals surface area contributed by atoms with Gasteiger partial charge in [-0.25, -0.2) is 0 Å². The van der Waals surface area contributed by atoms with E-state index in [1.807, 2.05) is 0 Å². The van der Waals surface area contributed by atoms with Gasteiger partial charge in [0.1, 0.15) is 0 Å². The molecule has 1 nitrogen and oxygen atoms in total. The van der Waals surface area contributed by atoms with Crippen LogP contribution in [-0.2, 0) is 0 Å². The predicted octanol–water partition coefficient (Wildman–Crippen LogP) is 4.28. The van der Waals surface area contributed by atoms with Gasteiger partial charge in [-0.05, 0) is 54.1 Å². The second-order valence-electron chi connectivity index (χ2n) is 3.70. The van der Waals surface area contributed by atoms with E-state index < -0.39 is 0 Å². The van der Waals surface area contributed by atoms with E-state index in [2.05, 4.69) is 66.0 Å². The van der Waals surface area contributed by atoms with Crippen molar-refractivity contribution in [2.24, 2.45) is 0 Å². The van der Waals surface area contributed by atoms with Crippen molar-refractivity contribution in [2.45, 2.75) is 39.2 Å². The molecule has 1 aromatic carbocycles. The average Bonchev–Trinajstić information content (AvgIpc) is 2.15. The Morgan fingerprint density at radius 3 is 2.86 bits per heavy atom. The molecule has 0 aliphatic rings. The van der Waals surface area contributed by atoms with Gasteiger partial charge in [-0.1, -0.05) is 25.8 Å². The highest BCUT2D eigenvalue weighted by molar-refractivity contribution is 14.1. The molecular weight excluding hydrogens is 285 g/mol. The summed E-state index contributed by atoms with van der Waals surface area (Å²) in [6.45, 7) is 4.48. The summed E-state index contributed by atoms with van der Waals surface area (Å²) in [6.07, 6.45) is 3.83. The molecule has 0 aromatic heterocycles. The second kappa shape index (κ2) is 6.27. The highest BCUT2D eigenvalue weighted by atomic mass is 127. The first-order chi connectivity index (χ1) is 6.72. The van der Waals surface area contributed by atoms with Gasteiger partial charge >= 0.3 is 0 Å². The van der Waals surface area contributed by atoms with Crippen LogP contribution in [0.2, 0.25) is 0 Å². The van der Waals surface area contributed by atoms with Gasteiger partial charge in [0.25, 0.3) is 0 Å². The predicted molar refractivity (Wildman–Crippen MR) is 71.8 cm³/mol. The largest absolute Gasteiger partial charge is 0.383 e. The third kappa shape index (κ3) is 4.31. The molecule has 14 heavy (non-hydrogen) atoms. The maximum Gasteiger partial charge on any atom is 0.0352 e. The van der Waals surface area contributed by atoms with Crippen LogP contribution in [0.4, 0.5) is 5.69 Å². The zero-order valence-electron chi connectivity index (χ0n) is 8.89. The van der Waals surface area contributed by atoms with Crippen molar-refractivity contribution >= 4 is 28.3 Å². The van der Waals surface area contributed by atoms with Gasteiger partial charge in [0.15, 0.2) is 0 Å². The van der Waals surface area contributed by atoms with E-state index in [1.165, 1.54) is 28.5 Å². The number of anilines is 1. The standard InChI is InChI=1S/C12H18IN/c1-3-4-6-10(2)14-12-8-5-7-11(13)9-12/h5,7-10,14H,3-4,6H2,1-2H3. The van der Waals surface area contributed by atoms with Crippen molar-refractivity contribution < 1.29 is 0 Å². The maximum atomic E-state index is 3.51. The number of unbranched alkanes of at least 4 members (excludes halogenated alkanes) is 1. The van der Waals surface area contributed by atoms with Gasteiger partial charge in [-0.3, -0.25) is 0 Å². The lowest BCUT2D eigenvalue weighted by molar-refractivity contribution is 0.645. The zero-order valence-corrected chi connectivity index (χ0v) is 11.0. The summed E-state index contributed by atoms with van der Waals surface area (Å²) in [5.74, 6) is 0. The number of hydrogen-bond acceptors (Lipinski definition) is 1. The normalized spacial score (nSPS) is 12.5. The number of halogens is 1. The summed E-state index contributed by atoms with van der Waals surface area (Å²) in [4.78, 5) is 0. The fourth-order valence-corrected chi connectivity index (χ4v) is 1.99. The molecule has 1 aromatic rings. The molecule has 1 N–H and O–H groups in total. The quantitative estimate of drug-likeness (QED) is 0.801. The van der Waals surface area contributed by atoms with E-state index in [-0.39, 0.29) is 0 Å². The second-order valence-corrected chi connectivity index (χ2v) is 4.94. The lowest BCUT2D eigenvalue weighted by Crippen LogP contribution is -2.14. The molecule has 0 saturated carbocycles. The minimum absolute atomic E-state index is 0.577. The fourth-order valence-electron chi connectivity index (χ4n) is 1.45. The molecule has 0 heterocycles. The van der Waals surface area contributed by atoms with Gasteiger partial charge in [0.05, 0.1) is 0 Å². The molecule has 0 fully saturated rings. The summed E-state index contributed by atoms with van der Waals surface area (Å²) < 4.78 is 1.29. The first-order valence-electron chi connectivity index (χ1n) is 5.24. The molecule has 0 amide bonds. The Balaban J connectivity index is 2.43.